The molecule has 30 heavy (non-hydrogen) atoms. The lowest BCUT2D eigenvalue weighted by molar-refractivity contribution is -0.115. The maximum absolute atomic E-state index is 13.0. The molecule has 0 spiro atoms. The second-order valence-corrected chi connectivity index (χ2v) is 10.2. The number of anilines is 1. The highest BCUT2D eigenvalue weighted by molar-refractivity contribution is 9.10. The summed E-state index contributed by atoms with van der Waals surface area (Å²) in [7, 11) is -3.67. The van der Waals surface area contributed by atoms with Crippen molar-refractivity contribution in [2.24, 2.45) is 0 Å². The van der Waals surface area contributed by atoms with E-state index in [2.05, 4.69) is 26.4 Å². The molecule has 2 aromatic carbocycles. The number of hydrogen-bond donors (Lipinski definition) is 1. The van der Waals surface area contributed by atoms with Gasteiger partial charge in [0.25, 0.3) is 0 Å². The molecule has 1 aromatic heterocycles. The van der Waals surface area contributed by atoms with Crippen molar-refractivity contribution in [1.82, 2.24) is 5.16 Å². The Hall–Kier alpha value is -2.45. The van der Waals surface area contributed by atoms with Crippen LogP contribution in [0.25, 0.3) is 11.3 Å². The van der Waals surface area contributed by atoms with Crippen molar-refractivity contribution in [2.75, 3.05) is 11.1 Å². The number of carbonyl (C=O) groups excluding carboxylic acids is 1. The van der Waals surface area contributed by atoms with E-state index in [0.717, 1.165) is 21.3 Å². The maximum Gasteiger partial charge on any atom is 0.225 e. The number of nitrogens with zero attached hydrogens (tertiary/aromatic N) is 1. The van der Waals surface area contributed by atoms with Crippen molar-refractivity contribution in [3.8, 4) is 11.3 Å². The largest absolute Gasteiger partial charge is 0.356 e. The van der Waals surface area contributed by atoms with Crippen molar-refractivity contribution < 1.29 is 17.7 Å². The zero-order valence-corrected chi connectivity index (χ0v) is 19.6. The van der Waals surface area contributed by atoms with E-state index in [9.17, 15) is 13.2 Å². The average molecular weight is 491 g/mol. The number of carbonyl (C=O) groups is 1. The van der Waals surface area contributed by atoms with Crippen LogP contribution in [0.5, 0.6) is 0 Å². The van der Waals surface area contributed by atoms with Gasteiger partial charge in [0.15, 0.2) is 15.6 Å². The molecule has 0 aliphatic rings. The minimum absolute atomic E-state index is 0.146. The second kappa shape index (κ2) is 8.73. The monoisotopic (exact) mass is 490 g/mol. The van der Waals surface area contributed by atoms with Gasteiger partial charge in [-0.05, 0) is 73.0 Å². The van der Waals surface area contributed by atoms with E-state index in [0.29, 0.717) is 22.6 Å². The molecule has 0 fully saturated rings. The lowest BCUT2D eigenvalue weighted by Gasteiger charge is -2.11. The summed E-state index contributed by atoms with van der Waals surface area (Å²) < 4.78 is 32.0. The van der Waals surface area contributed by atoms with E-state index in [1.165, 1.54) is 0 Å². The van der Waals surface area contributed by atoms with Gasteiger partial charge in [-0.25, -0.2) is 8.42 Å². The molecule has 0 aliphatic heterocycles. The van der Waals surface area contributed by atoms with Gasteiger partial charge in [-0.3, -0.25) is 4.79 Å². The molecule has 0 radical (unpaired) electrons. The Labute approximate surface area is 184 Å². The van der Waals surface area contributed by atoms with E-state index in [-0.39, 0.29) is 23.0 Å². The molecule has 158 valence electrons. The molecule has 1 amide bonds. The molecule has 0 saturated heterocycles. The zero-order chi connectivity index (χ0) is 22.1. The first kappa shape index (κ1) is 22.2. The van der Waals surface area contributed by atoms with Gasteiger partial charge in [0, 0.05) is 22.0 Å². The predicted octanol–water partition coefficient (Wildman–Crippen LogP) is 5.14. The van der Waals surface area contributed by atoms with Crippen LogP contribution in [0.2, 0.25) is 0 Å². The number of sulfone groups is 1. The van der Waals surface area contributed by atoms with Crippen molar-refractivity contribution in [1.29, 1.82) is 0 Å². The van der Waals surface area contributed by atoms with E-state index in [1.54, 1.807) is 25.1 Å². The quantitative estimate of drug-likeness (QED) is 0.516. The lowest BCUT2D eigenvalue weighted by Crippen LogP contribution is -2.18. The van der Waals surface area contributed by atoms with Crippen molar-refractivity contribution >= 4 is 37.4 Å². The first-order valence-electron chi connectivity index (χ1n) is 9.41. The number of halogens is 1. The van der Waals surface area contributed by atoms with Crippen LogP contribution in [0.1, 0.15) is 28.8 Å². The maximum atomic E-state index is 13.0. The van der Waals surface area contributed by atoms with Crippen molar-refractivity contribution in [3.63, 3.8) is 0 Å². The molecule has 1 heterocycles. The van der Waals surface area contributed by atoms with E-state index >= 15 is 0 Å². The number of rotatable bonds is 6. The number of aryl methyl sites for hydroxylation is 3. The molecule has 6 nitrogen and oxygen atoms in total. The molecule has 3 rings (SSSR count). The third-order valence-corrected chi connectivity index (χ3v) is 7.45. The van der Waals surface area contributed by atoms with Crippen LogP contribution in [0.3, 0.4) is 0 Å². The third-order valence-electron chi connectivity index (χ3n) is 4.94. The highest BCUT2D eigenvalue weighted by Gasteiger charge is 2.21. The molecule has 0 aliphatic carbocycles. The minimum atomic E-state index is -3.67. The van der Waals surface area contributed by atoms with Gasteiger partial charge in [-0.2, -0.15) is 0 Å². The average Bonchev–Trinajstić information content (AvgIpc) is 3.02. The summed E-state index contributed by atoms with van der Waals surface area (Å²) in [4.78, 5) is 12.5. The molecular weight excluding hydrogens is 468 g/mol. The Morgan fingerprint density at radius 2 is 1.83 bits per heavy atom. The summed E-state index contributed by atoms with van der Waals surface area (Å²) in [5, 5.41) is 6.69. The molecule has 0 atom stereocenters. The predicted molar refractivity (Wildman–Crippen MR) is 120 cm³/mol. The van der Waals surface area contributed by atoms with Crippen LogP contribution < -0.4 is 5.32 Å². The summed E-state index contributed by atoms with van der Waals surface area (Å²) in [6, 6.07) is 10.7. The first-order chi connectivity index (χ1) is 14.1. The summed E-state index contributed by atoms with van der Waals surface area (Å²) in [5.74, 6) is -0.106. The van der Waals surface area contributed by atoms with Crippen LogP contribution in [-0.4, -0.2) is 25.2 Å². The van der Waals surface area contributed by atoms with Crippen molar-refractivity contribution in [3.05, 3.63) is 63.3 Å². The first-order valence-corrected chi connectivity index (χ1v) is 11.9. The Bertz CT molecular complexity index is 1220. The number of nitrogens with one attached hydrogen (secondary N) is 1. The Kier molecular flexibility index (Phi) is 6.47. The fourth-order valence-corrected chi connectivity index (χ4v) is 5.16. The molecule has 0 unspecified atom stereocenters. The van der Waals surface area contributed by atoms with Crippen molar-refractivity contribution in [2.45, 2.75) is 39.0 Å². The molecular formula is C22H23BrN2O4S. The van der Waals surface area contributed by atoms with Crippen LogP contribution in [0.4, 0.5) is 5.69 Å². The Morgan fingerprint density at radius 3 is 2.47 bits per heavy atom. The van der Waals surface area contributed by atoms with E-state index in [1.807, 2.05) is 39.0 Å². The Balaban J connectivity index is 1.77. The highest BCUT2D eigenvalue weighted by atomic mass is 79.9. The number of aromatic nitrogens is 1. The number of amides is 1. The number of hydrogen-bond acceptors (Lipinski definition) is 5. The van der Waals surface area contributed by atoms with E-state index < -0.39 is 9.84 Å². The van der Waals surface area contributed by atoms with Gasteiger partial charge in [0.1, 0.15) is 0 Å². The summed E-state index contributed by atoms with van der Waals surface area (Å²) in [6.07, 6.45) is -0.146. The summed E-state index contributed by atoms with van der Waals surface area (Å²) in [6.45, 7) is 7.39. The van der Waals surface area contributed by atoms with E-state index in [4.69, 9.17) is 4.52 Å². The van der Waals surface area contributed by atoms with Gasteiger partial charge in [0.05, 0.1) is 22.0 Å². The smallest absolute Gasteiger partial charge is 0.225 e. The van der Waals surface area contributed by atoms with Gasteiger partial charge >= 0.3 is 0 Å². The lowest BCUT2D eigenvalue weighted by atomic mass is 10.1. The Morgan fingerprint density at radius 1 is 1.10 bits per heavy atom. The fourth-order valence-electron chi connectivity index (χ4n) is 3.03. The summed E-state index contributed by atoms with van der Waals surface area (Å²) >= 11 is 3.40. The second-order valence-electron chi connectivity index (χ2n) is 7.30. The van der Waals surface area contributed by atoms with Crippen LogP contribution in [0.15, 0.2) is 50.3 Å². The zero-order valence-electron chi connectivity index (χ0n) is 17.2. The van der Waals surface area contributed by atoms with Gasteiger partial charge < -0.3 is 9.84 Å². The standard InChI is InChI=1S/C22H23BrN2O4S/c1-13-5-8-19(18(23)11-13)24-21(26)9-10-30(27,28)20-12-17(7-6-14(20)2)22-15(3)16(4)25-29-22/h5-8,11-12H,9-10H2,1-4H3,(H,24,26). The molecule has 0 bridgehead atoms. The molecule has 3 aromatic rings. The van der Waals surface area contributed by atoms with Crippen LogP contribution >= 0.6 is 15.9 Å². The van der Waals surface area contributed by atoms with Gasteiger partial charge in [0.2, 0.25) is 5.91 Å². The fraction of sp³-hybridized carbons (Fsp3) is 0.273. The third kappa shape index (κ3) is 4.82. The summed E-state index contributed by atoms with van der Waals surface area (Å²) in [5.41, 5.74) is 4.55. The number of benzene rings is 2. The normalized spacial score (nSPS) is 11.5. The topological polar surface area (TPSA) is 89.3 Å². The van der Waals surface area contributed by atoms with Gasteiger partial charge in [-0.1, -0.05) is 23.4 Å². The molecule has 1 N–H and O–H groups in total. The highest BCUT2D eigenvalue weighted by Crippen LogP contribution is 2.30. The van der Waals surface area contributed by atoms with Crippen LogP contribution in [-0.2, 0) is 14.6 Å². The van der Waals surface area contributed by atoms with Crippen LogP contribution in [0, 0.1) is 27.7 Å². The minimum Gasteiger partial charge on any atom is -0.356 e. The SMILES string of the molecule is Cc1ccc(NC(=O)CCS(=O)(=O)c2cc(-c3onc(C)c3C)ccc2C)c(Br)c1. The molecule has 8 heteroatoms. The van der Waals surface area contributed by atoms with Gasteiger partial charge in [-0.15, -0.1) is 0 Å². The molecule has 0 saturated carbocycles.